The summed E-state index contributed by atoms with van der Waals surface area (Å²) >= 11 is 1.82. The summed E-state index contributed by atoms with van der Waals surface area (Å²) < 4.78 is 0. The highest BCUT2D eigenvalue weighted by atomic mass is 32.1. The van der Waals surface area contributed by atoms with Crippen molar-refractivity contribution in [3.8, 4) is 0 Å². The van der Waals surface area contributed by atoms with Crippen LogP contribution in [0.25, 0.3) is 0 Å². The molecule has 0 aliphatic heterocycles. The zero-order valence-electron chi connectivity index (χ0n) is 10.5. The van der Waals surface area contributed by atoms with Gasteiger partial charge in [0.1, 0.15) is 0 Å². The Balaban J connectivity index is 2.06. The van der Waals surface area contributed by atoms with Gasteiger partial charge in [-0.05, 0) is 31.0 Å². The minimum Gasteiger partial charge on any atom is -0.339 e. The Labute approximate surface area is 106 Å². The number of thiophene rings is 1. The maximum Gasteiger partial charge on any atom is 0.225 e. The molecule has 4 heteroatoms. The first kappa shape index (κ1) is 12.0. The van der Waals surface area contributed by atoms with E-state index in [1.165, 1.54) is 15.3 Å². The topological polar surface area (TPSA) is 29.0 Å². The van der Waals surface area contributed by atoms with Gasteiger partial charge >= 0.3 is 0 Å². The molecule has 2 rings (SSSR count). The van der Waals surface area contributed by atoms with Gasteiger partial charge in [0, 0.05) is 29.2 Å². The van der Waals surface area contributed by atoms with Crippen molar-refractivity contribution < 1.29 is 0 Å². The Hall–Kier alpha value is -1.42. The highest BCUT2D eigenvalue weighted by Gasteiger charge is 2.06. The monoisotopic (exact) mass is 247 g/mol. The minimum atomic E-state index is 0.785. The second kappa shape index (κ2) is 5.27. The van der Waals surface area contributed by atoms with Crippen LogP contribution in [-0.2, 0) is 13.0 Å². The lowest BCUT2D eigenvalue weighted by Crippen LogP contribution is -2.18. The highest BCUT2D eigenvalue weighted by Crippen LogP contribution is 2.18. The Morgan fingerprint density at radius 3 is 2.47 bits per heavy atom. The fourth-order valence-electron chi connectivity index (χ4n) is 1.60. The molecule has 17 heavy (non-hydrogen) atoms. The van der Waals surface area contributed by atoms with E-state index in [1.807, 2.05) is 30.8 Å². The summed E-state index contributed by atoms with van der Waals surface area (Å²) in [6, 6.07) is 4.31. The molecular formula is C13H17N3S. The summed E-state index contributed by atoms with van der Waals surface area (Å²) in [6.07, 6.45) is 4.78. The molecule has 0 radical (unpaired) electrons. The number of rotatable bonds is 4. The molecule has 0 spiro atoms. The zero-order chi connectivity index (χ0) is 12.3. The number of hydrogen-bond donors (Lipinski definition) is 0. The van der Waals surface area contributed by atoms with E-state index in [0.717, 1.165) is 18.9 Å². The minimum absolute atomic E-state index is 0.785. The average molecular weight is 247 g/mol. The molecule has 2 heterocycles. The van der Waals surface area contributed by atoms with Gasteiger partial charge in [-0.3, -0.25) is 0 Å². The highest BCUT2D eigenvalue weighted by molar-refractivity contribution is 7.11. The first-order valence-electron chi connectivity index (χ1n) is 5.76. The molecule has 0 saturated heterocycles. The second-order valence-electron chi connectivity index (χ2n) is 4.11. The number of aromatic nitrogens is 2. The lowest BCUT2D eigenvalue weighted by Gasteiger charge is -2.15. The van der Waals surface area contributed by atoms with E-state index in [9.17, 15) is 0 Å². The molecule has 0 unspecified atom stereocenters. The molecule has 0 amide bonds. The third kappa shape index (κ3) is 3.03. The molecule has 2 aromatic heterocycles. The van der Waals surface area contributed by atoms with Gasteiger partial charge in [0.25, 0.3) is 0 Å². The maximum absolute atomic E-state index is 4.37. The van der Waals surface area contributed by atoms with Crippen LogP contribution >= 0.6 is 11.3 Å². The molecule has 0 aliphatic carbocycles. The number of aryl methyl sites for hydroxylation is 2. The van der Waals surface area contributed by atoms with Gasteiger partial charge < -0.3 is 4.90 Å². The van der Waals surface area contributed by atoms with Crippen molar-refractivity contribution in [2.45, 2.75) is 26.8 Å². The summed E-state index contributed by atoms with van der Waals surface area (Å²) in [6.45, 7) is 5.10. The largest absolute Gasteiger partial charge is 0.339 e. The van der Waals surface area contributed by atoms with Crippen molar-refractivity contribution in [2.75, 3.05) is 11.9 Å². The summed E-state index contributed by atoms with van der Waals surface area (Å²) in [7, 11) is 2.02. The van der Waals surface area contributed by atoms with Gasteiger partial charge in [-0.15, -0.1) is 11.3 Å². The average Bonchev–Trinajstić information content (AvgIpc) is 2.75. The van der Waals surface area contributed by atoms with E-state index in [-0.39, 0.29) is 0 Å². The van der Waals surface area contributed by atoms with Crippen LogP contribution in [0.5, 0.6) is 0 Å². The lowest BCUT2D eigenvalue weighted by atomic mass is 10.3. The van der Waals surface area contributed by atoms with Crippen LogP contribution in [0.1, 0.15) is 22.2 Å². The van der Waals surface area contributed by atoms with Crippen molar-refractivity contribution in [2.24, 2.45) is 0 Å². The molecule has 0 aromatic carbocycles. The SMILES string of the molecule is CCc1cnc(N(C)Cc2ccc(C)s2)nc1. The van der Waals surface area contributed by atoms with Crippen LogP contribution < -0.4 is 4.90 Å². The molecule has 0 fully saturated rings. The van der Waals surface area contributed by atoms with Crippen LogP contribution in [0.3, 0.4) is 0 Å². The number of anilines is 1. The van der Waals surface area contributed by atoms with E-state index in [1.54, 1.807) is 0 Å². The summed E-state index contributed by atoms with van der Waals surface area (Å²) in [5.41, 5.74) is 1.18. The lowest BCUT2D eigenvalue weighted by molar-refractivity contribution is 0.870. The molecule has 0 N–H and O–H groups in total. The van der Waals surface area contributed by atoms with Gasteiger partial charge in [-0.2, -0.15) is 0 Å². The fourth-order valence-corrected chi connectivity index (χ4v) is 2.55. The van der Waals surface area contributed by atoms with E-state index in [2.05, 4.69) is 40.8 Å². The first-order chi connectivity index (χ1) is 8.19. The second-order valence-corrected chi connectivity index (χ2v) is 5.49. The molecule has 0 atom stereocenters. The quantitative estimate of drug-likeness (QED) is 0.831. The van der Waals surface area contributed by atoms with Crippen molar-refractivity contribution in [3.63, 3.8) is 0 Å². The van der Waals surface area contributed by atoms with E-state index in [4.69, 9.17) is 0 Å². The van der Waals surface area contributed by atoms with Crippen LogP contribution in [-0.4, -0.2) is 17.0 Å². The van der Waals surface area contributed by atoms with Crippen LogP contribution in [0.4, 0.5) is 5.95 Å². The van der Waals surface area contributed by atoms with Crippen LogP contribution in [0.2, 0.25) is 0 Å². The smallest absolute Gasteiger partial charge is 0.225 e. The molecule has 0 bridgehead atoms. The molecule has 0 saturated carbocycles. The predicted molar refractivity (Wildman–Crippen MR) is 72.6 cm³/mol. The van der Waals surface area contributed by atoms with Crippen molar-refractivity contribution in [1.82, 2.24) is 9.97 Å². The zero-order valence-corrected chi connectivity index (χ0v) is 11.3. The Morgan fingerprint density at radius 2 is 1.94 bits per heavy atom. The van der Waals surface area contributed by atoms with Crippen LogP contribution in [0, 0.1) is 6.92 Å². The van der Waals surface area contributed by atoms with Crippen LogP contribution in [0.15, 0.2) is 24.5 Å². The summed E-state index contributed by atoms with van der Waals surface area (Å²) in [5, 5.41) is 0. The standard InChI is InChI=1S/C13H17N3S/c1-4-11-7-14-13(15-8-11)16(3)9-12-6-5-10(2)17-12/h5-8H,4,9H2,1-3H3. The first-order valence-corrected chi connectivity index (χ1v) is 6.58. The van der Waals surface area contributed by atoms with E-state index < -0.39 is 0 Å². The number of nitrogens with zero attached hydrogens (tertiary/aromatic N) is 3. The van der Waals surface area contributed by atoms with Gasteiger partial charge in [-0.1, -0.05) is 6.92 Å². The molecule has 90 valence electrons. The number of hydrogen-bond acceptors (Lipinski definition) is 4. The molecule has 0 aliphatic rings. The molecule has 2 aromatic rings. The fraction of sp³-hybridized carbons (Fsp3) is 0.385. The van der Waals surface area contributed by atoms with Gasteiger partial charge in [0.15, 0.2) is 0 Å². The third-order valence-electron chi connectivity index (χ3n) is 2.63. The van der Waals surface area contributed by atoms with E-state index in [0.29, 0.717) is 0 Å². The van der Waals surface area contributed by atoms with Gasteiger partial charge in [0.2, 0.25) is 5.95 Å². The van der Waals surface area contributed by atoms with Crippen molar-refractivity contribution in [1.29, 1.82) is 0 Å². The normalized spacial score (nSPS) is 10.5. The Morgan fingerprint density at radius 1 is 1.24 bits per heavy atom. The van der Waals surface area contributed by atoms with Gasteiger partial charge in [-0.25, -0.2) is 9.97 Å². The van der Waals surface area contributed by atoms with Crippen molar-refractivity contribution >= 4 is 17.3 Å². The van der Waals surface area contributed by atoms with E-state index >= 15 is 0 Å². The summed E-state index contributed by atoms with van der Waals surface area (Å²) in [4.78, 5) is 13.5. The molecular weight excluding hydrogens is 230 g/mol. The predicted octanol–water partition coefficient (Wildman–Crippen LogP) is 3.05. The third-order valence-corrected chi connectivity index (χ3v) is 3.62. The summed E-state index contributed by atoms with van der Waals surface area (Å²) in [5.74, 6) is 0.785. The van der Waals surface area contributed by atoms with Crippen molar-refractivity contribution in [3.05, 3.63) is 39.8 Å². The Bertz CT molecular complexity index is 476. The maximum atomic E-state index is 4.37. The Kier molecular flexibility index (Phi) is 3.74. The molecule has 3 nitrogen and oxygen atoms in total. The van der Waals surface area contributed by atoms with Gasteiger partial charge in [0.05, 0.1) is 6.54 Å².